The van der Waals surface area contributed by atoms with Crippen LogP contribution in [0.5, 0.6) is 0 Å². The summed E-state index contributed by atoms with van der Waals surface area (Å²) in [5.41, 5.74) is -0.237. The molecule has 3 heteroatoms. The Bertz CT molecular complexity index is 272. The standard InChI is InChI=1S/C11H19NO2/c1-8(2)5-11-6-12(11)10(3,4)7-14-9(11)13/h8H,5-7H2,1-4H3/t11-,12?/m0/s1. The first-order valence-electron chi connectivity index (χ1n) is 5.33. The molecule has 2 rings (SSSR count). The van der Waals surface area contributed by atoms with Crippen LogP contribution in [0.2, 0.25) is 0 Å². The maximum absolute atomic E-state index is 11.7. The van der Waals surface area contributed by atoms with Gasteiger partial charge in [-0.15, -0.1) is 0 Å². The predicted molar refractivity (Wildman–Crippen MR) is 53.9 cm³/mol. The molecule has 0 radical (unpaired) electrons. The van der Waals surface area contributed by atoms with Crippen molar-refractivity contribution in [2.24, 2.45) is 5.92 Å². The number of hydrogen-bond donors (Lipinski definition) is 0. The average molecular weight is 197 g/mol. The number of nitrogens with zero attached hydrogens (tertiary/aromatic N) is 1. The Balaban J connectivity index is 2.17. The van der Waals surface area contributed by atoms with Crippen LogP contribution in [0.4, 0.5) is 0 Å². The number of cyclic esters (lactones) is 1. The zero-order chi connectivity index (χ0) is 10.6. The topological polar surface area (TPSA) is 29.3 Å². The summed E-state index contributed by atoms with van der Waals surface area (Å²) in [4.78, 5) is 14.0. The average Bonchev–Trinajstić information content (AvgIpc) is 2.74. The van der Waals surface area contributed by atoms with Crippen molar-refractivity contribution in [3.8, 4) is 0 Å². The molecule has 0 aromatic carbocycles. The SMILES string of the molecule is CC(C)C[C@@]12CN1C(C)(C)COC2=O. The van der Waals surface area contributed by atoms with Gasteiger partial charge in [-0.3, -0.25) is 4.90 Å². The van der Waals surface area contributed by atoms with Crippen LogP contribution in [0.3, 0.4) is 0 Å². The molecule has 2 aliphatic rings. The van der Waals surface area contributed by atoms with Crippen LogP contribution >= 0.6 is 0 Å². The van der Waals surface area contributed by atoms with E-state index in [4.69, 9.17) is 4.74 Å². The lowest BCUT2D eigenvalue weighted by Gasteiger charge is -2.35. The smallest absolute Gasteiger partial charge is 0.328 e. The maximum atomic E-state index is 11.7. The molecule has 0 saturated carbocycles. The predicted octanol–water partition coefficient (Wildman–Crippen LogP) is 1.42. The number of rotatable bonds is 2. The van der Waals surface area contributed by atoms with Gasteiger partial charge in [0.25, 0.3) is 0 Å². The summed E-state index contributed by atoms with van der Waals surface area (Å²) in [5, 5.41) is 0. The molecule has 0 bridgehead atoms. The van der Waals surface area contributed by atoms with Crippen molar-refractivity contribution in [1.82, 2.24) is 4.90 Å². The number of carbonyl (C=O) groups excluding carboxylic acids is 1. The number of ether oxygens (including phenoxy) is 1. The van der Waals surface area contributed by atoms with Crippen molar-refractivity contribution >= 4 is 5.97 Å². The lowest BCUT2D eigenvalue weighted by atomic mass is 9.94. The molecule has 1 unspecified atom stereocenters. The first-order chi connectivity index (χ1) is 6.38. The van der Waals surface area contributed by atoms with Gasteiger partial charge in [-0.1, -0.05) is 13.8 Å². The molecule has 2 saturated heterocycles. The molecule has 80 valence electrons. The van der Waals surface area contributed by atoms with E-state index < -0.39 is 0 Å². The number of morpholine rings is 1. The van der Waals surface area contributed by atoms with Gasteiger partial charge in [-0.2, -0.15) is 0 Å². The van der Waals surface area contributed by atoms with Gasteiger partial charge in [-0.05, 0) is 26.2 Å². The molecule has 2 fully saturated rings. The highest BCUT2D eigenvalue weighted by Crippen LogP contribution is 2.48. The molecule has 0 N–H and O–H groups in total. The first kappa shape index (κ1) is 9.97. The third-order valence-corrected chi connectivity index (χ3v) is 3.25. The fourth-order valence-corrected chi connectivity index (χ4v) is 2.58. The van der Waals surface area contributed by atoms with E-state index in [1.54, 1.807) is 0 Å². The molecule has 14 heavy (non-hydrogen) atoms. The zero-order valence-corrected chi connectivity index (χ0v) is 9.46. The number of esters is 1. The van der Waals surface area contributed by atoms with Gasteiger partial charge < -0.3 is 4.74 Å². The highest BCUT2D eigenvalue weighted by Gasteiger charge is 2.66. The summed E-state index contributed by atoms with van der Waals surface area (Å²) in [6.07, 6.45) is 0.926. The van der Waals surface area contributed by atoms with Gasteiger partial charge in [0, 0.05) is 6.54 Å². The van der Waals surface area contributed by atoms with Crippen LogP contribution in [0.1, 0.15) is 34.1 Å². The lowest BCUT2D eigenvalue weighted by molar-refractivity contribution is -0.159. The second-order valence-electron chi connectivity index (χ2n) is 5.60. The largest absolute Gasteiger partial charge is 0.462 e. The molecular weight excluding hydrogens is 178 g/mol. The van der Waals surface area contributed by atoms with E-state index in [0.717, 1.165) is 13.0 Å². The zero-order valence-electron chi connectivity index (χ0n) is 9.46. The fraction of sp³-hybridized carbons (Fsp3) is 0.909. The van der Waals surface area contributed by atoms with Gasteiger partial charge in [0.1, 0.15) is 12.1 Å². The molecule has 0 aliphatic carbocycles. The van der Waals surface area contributed by atoms with E-state index in [0.29, 0.717) is 12.5 Å². The second-order valence-corrected chi connectivity index (χ2v) is 5.60. The third-order valence-electron chi connectivity index (χ3n) is 3.25. The number of fused-ring (bicyclic) bond motifs is 1. The Morgan fingerprint density at radius 3 is 2.71 bits per heavy atom. The minimum absolute atomic E-state index is 0.00877. The highest BCUT2D eigenvalue weighted by atomic mass is 16.5. The van der Waals surface area contributed by atoms with E-state index in [1.165, 1.54) is 0 Å². The van der Waals surface area contributed by atoms with E-state index >= 15 is 0 Å². The second kappa shape index (κ2) is 2.72. The third kappa shape index (κ3) is 1.26. The lowest BCUT2D eigenvalue weighted by Crippen LogP contribution is -2.50. The van der Waals surface area contributed by atoms with Crippen molar-refractivity contribution in [2.75, 3.05) is 13.2 Å². The van der Waals surface area contributed by atoms with Crippen molar-refractivity contribution in [1.29, 1.82) is 0 Å². The fourth-order valence-electron chi connectivity index (χ4n) is 2.58. The molecule has 0 spiro atoms. The Morgan fingerprint density at radius 1 is 1.50 bits per heavy atom. The summed E-state index contributed by atoms with van der Waals surface area (Å²) >= 11 is 0. The summed E-state index contributed by atoms with van der Waals surface area (Å²) in [7, 11) is 0. The molecule has 2 atom stereocenters. The van der Waals surface area contributed by atoms with Gasteiger partial charge >= 0.3 is 5.97 Å². The first-order valence-corrected chi connectivity index (χ1v) is 5.33. The van der Waals surface area contributed by atoms with Gasteiger partial charge in [0.2, 0.25) is 0 Å². The minimum atomic E-state index is -0.268. The van der Waals surface area contributed by atoms with Crippen molar-refractivity contribution < 1.29 is 9.53 Å². The molecular formula is C11H19NO2. The summed E-state index contributed by atoms with van der Waals surface area (Å²) in [5.74, 6) is 0.534. The van der Waals surface area contributed by atoms with E-state index in [9.17, 15) is 4.79 Å². The van der Waals surface area contributed by atoms with Crippen LogP contribution in [0.15, 0.2) is 0 Å². The Labute approximate surface area is 85.4 Å². The molecule has 0 amide bonds. The van der Waals surface area contributed by atoms with E-state index in [-0.39, 0.29) is 17.0 Å². The van der Waals surface area contributed by atoms with E-state index in [2.05, 4.69) is 32.6 Å². The van der Waals surface area contributed by atoms with Crippen molar-refractivity contribution in [2.45, 2.75) is 45.2 Å². The van der Waals surface area contributed by atoms with Gasteiger partial charge in [-0.25, -0.2) is 4.79 Å². The Hall–Kier alpha value is -0.570. The Kier molecular flexibility index (Phi) is 1.94. The van der Waals surface area contributed by atoms with Crippen LogP contribution in [-0.2, 0) is 9.53 Å². The van der Waals surface area contributed by atoms with Crippen molar-refractivity contribution in [3.63, 3.8) is 0 Å². The maximum Gasteiger partial charge on any atom is 0.328 e. The van der Waals surface area contributed by atoms with Gasteiger partial charge in [0.05, 0.1) is 5.54 Å². The quantitative estimate of drug-likeness (QED) is 0.495. The number of carbonyl (C=O) groups is 1. The van der Waals surface area contributed by atoms with Crippen LogP contribution < -0.4 is 0 Å². The van der Waals surface area contributed by atoms with Crippen LogP contribution in [-0.4, -0.2) is 35.1 Å². The number of hydrogen-bond acceptors (Lipinski definition) is 3. The summed E-state index contributed by atoms with van der Waals surface area (Å²) in [6.45, 7) is 10.0. The Morgan fingerprint density at radius 2 is 2.14 bits per heavy atom. The summed E-state index contributed by atoms with van der Waals surface area (Å²) in [6, 6.07) is 0. The monoisotopic (exact) mass is 197 g/mol. The van der Waals surface area contributed by atoms with Gasteiger partial charge in [0.15, 0.2) is 0 Å². The molecule has 2 aliphatic heterocycles. The molecule has 2 heterocycles. The van der Waals surface area contributed by atoms with Crippen LogP contribution in [0.25, 0.3) is 0 Å². The van der Waals surface area contributed by atoms with E-state index in [1.807, 2.05) is 0 Å². The highest BCUT2D eigenvalue weighted by molar-refractivity contribution is 5.86. The molecule has 3 nitrogen and oxygen atoms in total. The minimum Gasteiger partial charge on any atom is -0.462 e. The molecule has 0 aromatic heterocycles. The van der Waals surface area contributed by atoms with Crippen molar-refractivity contribution in [3.05, 3.63) is 0 Å². The molecule has 0 aromatic rings. The summed E-state index contributed by atoms with van der Waals surface area (Å²) < 4.78 is 5.27. The van der Waals surface area contributed by atoms with Crippen LogP contribution in [0, 0.1) is 5.92 Å². The normalized spacial score (nSPS) is 39.2.